The van der Waals surface area contributed by atoms with E-state index in [2.05, 4.69) is 15.4 Å². The predicted octanol–water partition coefficient (Wildman–Crippen LogP) is 4.87. The van der Waals surface area contributed by atoms with Gasteiger partial charge in [0, 0.05) is 22.3 Å². The van der Waals surface area contributed by atoms with Gasteiger partial charge in [-0.15, -0.1) is 0 Å². The average molecular weight is 499 g/mol. The number of hydrogen-bond acceptors (Lipinski definition) is 8. The molecular formula is C28H26N4O5. The molecule has 2 unspecified atom stereocenters. The summed E-state index contributed by atoms with van der Waals surface area (Å²) in [6.07, 6.45) is 0.988. The maximum Gasteiger partial charge on any atom is 0.226 e. The molecule has 0 fully saturated rings. The van der Waals surface area contributed by atoms with Crippen LogP contribution in [0.5, 0.6) is 28.7 Å². The summed E-state index contributed by atoms with van der Waals surface area (Å²) in [5.74, 6) is 3.69. The van der Waals surface area contributed by atoms with Crippen molar-refractivity contribution >= 4 is 11.6 Å². The van der Waals surface area contributed by atoms with Crippen LogP contribution in [0.2, 0.25) is 0 Å². The van der Waals surface area contributed by atoms with E-state index < -0.39 is 6.10 Å². The Morgan fingerprint density at radius 1 is 0.784 bits per heavy atom. The maximum atomic E-state index is 6.74. The van der Waals surface area contributed by atoms with E-state index in [-0.39, 0.29) is 6.04 Å². The predicted molar refractivity (Wildman–Crippen MR) is 138 cm³/mol. The van der Waals surface area contributed by atoms with Crippen LogP contribution < -0.4 is 29.0 Å². The highest BCUT2D eigenvalue weighted by atomic mass is 16.5. The van der Waals surface area contributed by atoms with Gasteiger partial charge in [0.25, 0.3) is 0 Å². The third kappa shape index (κ3) is 3.46. The van der Waals surface area contributed by atoms with Crippen LogP contribution in [0.1, 0.15) is 28.8 Å². The Morgan fingerprint density at radius 2 is 1.54 bits per heavy atom. The molecule has 0 amide bonds. The smallest absolute Gasteiger partial charge is 0.226 e. The molecule has 1 aromatic heterocycles. The Balaban J connectivity index is 1.66. The van der Waals surface area contributed by atoms with Gasteiger partial charge in [-0.25, -0.2) is 4.68 Å². The van der Waals surface area contributed by atoms with Crippen molar-refractivity contribution in [3.8, 4) is 28.7 Å². The highest BCUT2D eigenvalue weighted by Crippen LogP contribution is 2.54. The van der Waals surface area contributed by atoms with Crippen molar-refractivity contribution in [3.05, 3.63) is 89.3 Å². The largest absolute Gasteiger partial charge is 0.496 e. The van der Waals surface area contributed by atoms with E-state index in [0.717, 1.165) is 39.5 Å². The number of benzene rings is 3. The van der Waals surface area contributed by atoms with Crippen molar-refractivity contribution in [2.75, 3.05) is 33.8 Å². The zero-order chi connectivity index (χ0) is 25.5. The maximum absolute atomic E-state index is 6.74. The zero-order valence-electron chi connectivity index (χ0n) is 20.9. The summed E-state index contributed by atoms with van der Waals surface area (Å²) in [7, 11) is 6.46. The zero-order valence-corrected chi connectivity index (χ0v) is 20.9. The molecule has 6 rings (SSSR count). The summed E-state index contributed by atoms with van der Waals surface area (Å²) < 4.78 is 31.5. The molecule has 1 N–H and O–H groups in total. The van der Waals surface area contributed by atoms with Crippen LogP contribution in [0, 0.1) is 0 Å². The highest BCUT2D eigenvalue weighted by molar-refractivity contribution is 5.85. The Morgan fingerprint density at radius 3 is 2.32 bits per heavy atom. The molecule has 0 bridgehead atoms. The SMILES string of the molecule is COc1ccccc1C1C2=C(Nc3ncnn31)c1ccccc1OC2c1ccc(OC)c(OC)c1OC. The number of aromatic nitrogens is 3. The first-order chi connectivity index (χ1) is 18.2. The monoisotopic (exact) mass is 498 g/mol. The van der Waals surface area contributed by atoms with Gasteiger partial charge >= 0.3 is 0 Å². The summed E-state index contributed by atoms with van der Waals surface area (Å²) in [5.41, 5.74) is 4.49. The van der Waals surface area contributed by atoms with E-state index >= 15 is 0 Å². The first-order valence-corrected chi connectivity index (χ1v) is 11.8. The number of fused-ring (bicyclic) bond motifs is 3. The van der Waals surface area contributed by atoms with Gasteiger partial charge in [0.05, 0.1) is 34.1 Å². The molecule has 3 heterocycles. The minimum absolute atomic E-state index is 0.374. The number of nitrogens with one attached hydrogen (secondary N) is 1. The Kier molecular flexibility index (Phi) is 5.60. The van der Waals surface area contributed by atoms with Crippen LogP contribution in [0.15, 0.2) is 72.6 Å². The van der Waals surface area contributed by atoms with Crippen LogP contribution >= 0.6 is 0 Å². The number of methoxy groups -OCH3 is 4. The van der Waals surface area contributed by atoms with Crippen molar-refractivity contribution in [2.24, 2.45) is 0 Å². The number of nitrogens with zero attached hydrogens (tertiary/aromatic N) is 3. The lowest BCUT2D eigenvalue weighted by atomic mass is 9.84. The van der Waals surface area contributed by atoms with E-state index in [1.165, 1.54) is 0 Å². The molecule has 0 saturated carbocycles. The fourth-order valence-corrected chi connectivity index (χ4v) is 5.20. The second kappa shape index (κ2) is 9.09. The van der Waals surface area contributed by atoms with E-state index in [4.69, 9.17) is 23.7 Å². The molecule has 37 heavy (non-hydrogen) atoms. The Bertz CT molecular complexity index is 1510. The van der Waals surface area contributed by atoms with Gasteiger partial charge in [-0.3, -0.25) is 0 Å². The summed E-state index contributed by atoms with van der Waals surface area (Å²) in [5, 5.41) is 8.10. The lowest BCUT2D eigenvalue weighted by Gasteiger charge is -2.39. The molecule has 2 atom stereocenters. The molecule has 0 radical (unpaired) electrons. The van der Waals surface area contributed by atoms with Gasteiger partial charge in [-0.1, -0.05) is 30.3 Å². The van der Waals surface area contributed by atoms with Crippen molar-refractivity contribution in [2.45, 2.75) is 12.1 Å². The first kappa shape index (κ1) is 22.8. The van der Waals surface area contributed by atoms with Gasteiger partial charge in [0.2, 0.25) is 11.7 Å². The highest BCUT2D eigenvalue weighted by Gasteiger charge is 2.43. The molecule has 0 spiro atoms. The molecule has 2 aliphatic rings. The number of rotatable bonds is 6. The fourth-order valence-electron chi connectivity index (χ4n) is 5.20. The van der Waals surface area contributed by atoms with E-state index in [1.807, 2.05) is 65.3 Å². The normalized spacial score (nSPS) is 17.5. The third-order valence-corrected chi connectivity index (χ3v) is 6.77. The summed E-state index contributed by atoms with van der Waals surface area (Å²) in [6, 6.07) is 19.3. The number of ether oxygens (including phenoxy) is 5. The minimum Gasteiger partial charge on any atom is -0.496 e. The van der Waals surface area contributed by atoms with Gasteiger partial charge < -0.3 is 29.0 Å². The van der Waals surface area contributed by atoms with Crippen LogP contribution in [0.3, 0.4) is 0 Å². The summed E-state index contributed by atoms with van der Waals surface area (Å²) in [4.78, 5) is 4.50. The molecular weight excluding hydrogens is 472 g/mol. The molecule has 188 valence electrons. The van der Waals surface area contributed by atoms with Crippen molar-refractivity contribution in [1.29, 1.82) is 0 Å². The third-order valence-electron chi connectivity index (χ3n) is 6.77. The van der Waals surface area contributed by atoms with Gasteiger partial charge in [-0.05, 0) is 30.3 Å². The van der Waals surface area contributed by atoms with Crippen LogP contribution in [0.25, 0.3) is 5.70 Å². The topological polar surface area (TPSA) is 88.9 Å². The van der Waals surface area contributed by atoms with Gasteiger partial charge in [0.15, 0.2) is 17.6 Å². The van der Waals surface area contributed by atoms with Gasteiger partial charge in [-0.2, -0.15) is 10.1 Å². The molecule has 9 heteroatoms. The second-order valence-electron chi connectivity index (χ2n) is 8.55. The minimum atomic E-state index is -0.556. The van der Waals surface area contributed by atoms with E-state index in [1.54, 1.807) is 34.8 Å². The number of hydrogen-bond donors (Lipinski definition) is 1. The first-order valence-electron chi connectivity index (χ1n) is 11.8. The van der Waals surface area contributed by atoms with Gasteiger partial charge in [0.1, 0.15) is 23.9 Å². The molecule has 3 aromatic carbocycles. The summed E-state index contributed by atoms with van der Waals surface area (Å²) in [6.45, 7) is 0. The van der Waals surface area contributed by atoms with E-state index in [0.29, 0.717) is 23.2 Å². The average Bonchev–Trinajstić information content (AvgIpc) is 3.43. The van der Waals surface area contributed by atoms with Crippen LogP contribution in [-0.4, -0.2) is 43.2 Å². The second-order valence-corrected chi connectivity index (χ2v) is 8.55. The van der Waals surface area contributed by atoms with Crippen molar-refractivity contribution < 1.29 is 23.7 Å². The number of anilines is 1. The fraction of sp³-hybridized carbons (Fsp3) is 0.214. The lowest BCUT2D eigenvalue weighted by molar-refractivity contribution is 0.214. The molecule has 2 aliphatic heterocycles. The van der Waals surface area contributed by atoms with Crippen LogP contribution in [0.4, 0.5) is 5.95 Å². The Labute approximate surface area is 214 Å². The quantitative estimate of drug-likeness (QED) is 0.403. The molecule has 0 aliphatic carbocycles. The summed E-state index contributed by atoms with van der Waals surface area (Å²) >= 11 is 0. The van der Waals surface area contributed by atoms with E-state index in [9.17, 15) is 0 Å². The Hall–Kier alpha value is -4.66. The lowest BCUT2D eigenvalue weighted by Crippen LogP contribution is -2.32. The molecule has 9 nitrogen and oxygen atoms in total. The standard InChI is InChI=1S/C28H26N4O5/c1-33-19-11-7-6-10-17(19)24-22-23(31-28-29-15-30-32(24)28)16-9-5-8-12-20(16)37-25(22)18-13-14-21(34-2)27(36-4)26(18)35-3/h5-15,24-25H,1-4H3,(H,29,30,31). The van der Waals surface area contributed by atoms with Crippen molar-refractivity contribution in [1.82, 2.24) is 14.8 Å². The number of para-hydroxylation sites is 2. The van der Waals surface area contributed by atoms with Crippen LogP contribution in [-0.2, 0) is 0 Å². The molecule has 0 saturated heterocycles. The molecule has 4 aromatic rings. The van der Waals surface area contributed by atoms with Crippen molar-refractivity contribution in [3.63, 3.8) is 0 Å².